The van der Waals surface area contributed by atoms with E-state index >= 15 is 0 Å². The Morgan fingerprint density at radius 3 is 2.70 bits per heavy atom. The third kappa shape index (κ3) is 3.88. The molecule has 1 aromatic rings. The second-order valence-corrected chi connectivity index (χ2v) is 5.41. The van der Waals surface area contributed by atoms with Crippen LogP contribution in [0.3, 0.4) is 0 Å². The molecule has 2 heterocycles. The molecule has 1 aliphatic rings. The molecule has 20 heavy (non-hydrogen) atoms. The number of ether oxygens (including phenoxy) is 1. The number of likely N-dealkylation sites (N-methyl/N-ethyl adjacent to an activating group) is 1. The van der Waals surface area contributed by atoms with E-state index in [0.717, 1.165) is 38.7 Å². The van der Waals surface area contributed by atoms with E-state index in [4.69, 9.17) is 4.74 Å². The normalized spacial score (nSPS) is 22.7. The van der Waals surface area contributed by atoms with E-state index in [1.54, 1.807) is 19.5 Å². The van der Waals surface area contributed by atoms with E-state index in [9.17, 15) is 5.11 Å². The molecule has 1 N–H and O–H groups in total. The van der Waals surface area contributed by atoms with Gasteiger partial charge in [-0.15, -0.1) is 0 Å². The van der Waals surface area contributed by atoms with Crippen molar-refractivity contribution in [2.24, 2.45) is 11.8 Å². The van der Waals surface area contributed by atoms with Crippen molar-refractivity contribution in [1.82, 2.24) is 14.9 Å². The van der Waals surface area contributed by atoms with Crippen molar-refractivity contribution < 1.29 is 9.84 Å². The first-order valence-corrected chi connectivity index (χ1v) is 7.05. The summed E-state index contributed by atoms with van der Waals surface area (Å²) in [6.45, 7) is 4.53. The van der Waals surface area contributed by atoms with Crippen LogP contribution in [-0.4, -0.2) is 73.5 Å². The van der Waals surface area contributed by atoms with Crippen molar-refractivity contribution in [2.75, 3.05) is 58.5 Å². The van der Waals surface area contributed by atoms with E-state index in [1.807, 2.05) is 6.07 Å². The molecule has 0 aromatic carbocycles. The Balaban J connectivity index is 1.92. The summed E-state index contributed by atoms with van der Waals surface area (Å²) in [5.41, 5.74) is 0. The second-order valence-electron chi connectivity index (χ2n) is 5.41. The Morgan fingerprint density at radius 1 is 1.35 bits per heavy atom. The van der Waals surface area contributed by atoms with Crippen molar-refractivity contribution >= 4 is 5.95 Å². The molecule has 2 atom stereocenters. The van der Waals surface area contributed by atoms with Crippen LogP contribution in [0.4, 0.5) is 5.95 Å². The quantitative estimate of drug-likeness (QED) is 0.764. The van der Waals surface area contributed by atoms with E-state index in [2.05, 4.69) is 26.8 Å². The van der Waals surface area contributed by atoms with Crippen LogP contribution in [0, 0.1) is 11.8 Å². The Kier molecular flexibility index (Phi) is 5.70. The zero-order chi connectivity index (χ0) is 14.4. The first-order chi connectivity index (χ1) is 9.74. The maximum atomic E-state index is 9.58. The highest BCUT2D eigenvalue weighted by Crippen LogP contribution is 2.26. The molecule has 0 saturated carbocycles. The lowest BCUT2D eigenvalue weighted by Crippen LogP contribution is -2.33. The molecule has 0 bridgehead atoms. The minimum atomic E-state index is 0.214. The lowest BCUT2D eigenvalue weighted by Gasteiger charge is -2.23. The summed E-state index contributed by atoms with van der Waals surface area (Å²) < 4.78 is 5.10. The molecule has 6 nitrogen and oxygen atoms in total. The number of methoxy groups -OCH3 is 1. The number of hydrogen-bond acceptors (Lipinski definition) is 6. The summed E-state index contributed by atoms with van der Waals surface area (Å²) in [5.74, 6) is 1.47. The first-order valence-electron chi connectivity index (χ1n) is 7.05. The van der Waals surface area contributed by atoms with Crippen LogP contribution in [-0.2, 0) is 4.74 Å². The summed E-state index contributed by atoms with van der Waals surface area (Å²) in [5, 5.41) is 9.58. The van der Waals surface area contributed by atoms with Crippen LogP contribution in [0.2, 0.25) is 0 Å². The average molecular weight is 280 g/mol. The fourth-order valence-corrected chi connectivity index (χ4v) is 2.71. The molecule has 0 aliphatic carbocycles. The molecule has 0 amide bonds. The minimum absolute atomic E-state index is 0.214. The van der Waals surface area contributed by atoms with Crippen LogP contribution in [0.25, 0.3) is 0 Å². The molecule has 0 radical (unpaired) electrons. The van der Waals surface area contributed by atoms with Crippen LogP contribution < -0.4 is 4.90 Å². The number of hydrogen-bond donors (Lipinski definition) is 1. The topological polar surface area (TPSA) is 61.7 Å². The Labute approximate surface area is 120 Å². The number of aliphatic hydroxyl groups is 1. The van der Waals surface area contributed by atoms with Gasteiger partial charge >= 0.3 is 0 Å². The largest absolute Gasteiger partial charge is 0.396 e. The maximum absolute atomic E-state index is 9.58. The molecule has 1 fully saturated rings. The number of nitrogens with zero attached hydrogens (tertiary/aromatic N) is 4. The molecule has 1 aromatic heterocycles. The summed E-state index contributed by atoms with van der Waals surface area (Å²) >= 11 is 0. The lowest BCUT2D eigenvalue weighted by atomic mass is 9.96. The predicted octanol–water partition coefficient (Wildman–Crippen LogP) is 0.0995. The summed E-state index contributed by atoms with van der Waals surface area (Å²) in [6.07, 6.45) is 3.52. The maximum Gasteiger partial charge on any atom is 0.225 e. The minimum Gasteiger partial charge on any atom is -0.396 e. The second kappa shape index (κ2) is 7.52. The average Bonchev–Trinajstić information content (AvgIpc) is 2.89. The number of rotatable bonds is 7. The smallest absolute Gasteiger partial charge is 0.225 e. The first kappa shape index (κ1) is 15.2. The van der Waals surface area contributed by atoms with Crippen LogP contribution in [0.1, 0.15) is 0 Å². The molecule has 2 rings (SSSR count). The van der Waals surface area contributed by atoms with Crippen LogP contribution in [0.15, 0.2) is 18.5 Å². The zero-order valence-electron chi connectivity index (χ0n) is 12.3. The number of aliphatic hydroxyl groups excluding tert-OH is 1. The molecular weight excluding hydrogens is 256 g/mol. The van der Waals surface area contributed by atoms with E-state index in [0.29, 0.717) is 5.92 Å². The highest BCUT2D eigenvalue weighted by Gasteiger charge is 2.33. The van der Waals surface area contributed by atoms with Crippen molar-refractivity contribution in [1.29, 1.82) is 0 Å². The molecule has 1 saturated heterocycles. The summed E-state index contributed by atoms with van der Waals surface area (Å²) in [4.78, 5) is 13.0. The predicted molar refractivity (Wildman–Crippen MR) is 77.7 cm³/mol. The van der Waals surface area contributed by atoms with Gasteiger partial charge in [0, 0.05) is 58.2 Å². The van der Waals surface area contributed by atoms with Gasteiger partial charge in [0.2, 0.25) is 5.95 Å². The Hall–Kier alpha value is -1.24. The van der Waals surface area contributed by atoms with Crippen molar-refractivity contribution in [3.05, 3.63) is 18.5 Å². The van der Waals surface area contributed by atoms with E-state index < -0.39 is 0 Å². The number of anilines is 1. The monoisotopic (exact) mass is 280 g/mol. The Bertz CT molecular complexity index is 390. The highest BCUT2D eigenvalue weighted by atomic mass is 16.5. The van der Waals surface area contributed by atoms with Crippen molar-refractivity contribution in [3.8, 4) is 0 Å². The molecule has 112 valence electrons. The fraction of sp³-hybridized carbons (Fsp3) is 0.714. The SMILES string of the molecule is COCCN(C)C[C@@H]1CN(c2ncccn2)C[C@@H]1CO. The molecule has 1 aliphatic heterocycles. The van der Waals surface area contributed by atoms with Gasteiger partial charge in [0.15, 0.2) is 0 Å². The zero-order valence-corrected chi connectivity index (χ0v) is 12.3. The van der Waals surface area contributed by atoms with Gasteiger partial charge in [0.1, 0.15) is 0 Å². The van der Waals surface area contributed by atoms with Crippen molar-refractivity contribution in [2.45, 2.75) is 0 Å². The highest BCUT2D eigenvalue weighted by molar-refractivity contribution is 5.31. The Morgan fingerprint density at radius 2 is 2.05 bits per heavy atom. The molecule has 0 spiro atoms. The third-order valence-electron chi connectivity index (χ3n) is 3.87. The molecular formula is C14H24N4O2. The van der Waals surface area contributed by atoms with Gasteiger partial charge in [0.05, 0.1) is 6.61 Å². The van der Waals surface area contributed by atoms with Crippen LogP contribution in [0.5, 0.6) is 0 Å². The standard InChI is InChI=1S/C14H24N4O2/c1-17(6-7-20-2)8-12-9-18(10-13(12)11-19)14-15-4-3-5-16-14/h3-5,12-13,19H,6-11H2,1-2H3/t12-,13-/m1/s1. The van der Waals surface area contributed by atoms with Gasteiger partial charge in [-0.1, -0.05) is 0 Å². The summed E-state index contributed by atoms with van der Waals surface area (Å²) in [6, 6.07) is 1.82. The van der Waals surface area contributed by atoms with E-state index in [1.165, 1.54) is 0 Å². The van der Waals surface area contributed by atoms with Gasteiger partial charge in [-0.2, -0.15) is 0 Å². The van der Waals surface area contributed by atoms with Crippen molar-refractivity contribution in [3.63, 3.8) is 0 Å². The molecule has 0 unspecified atom stereocenters. The third-order valence-corrected chi connectivity index (χ3v) is 3.87. The van der Waals surface area contributed by atoms with Gasteiger partial charge < -0.3 is 19.6 Å². The van der Waals surface area contributed by atoms with Gasteiger partial charge in [-0.05, 0) is 19.0 Å². The lowest BCUT2D eigenvalue weighted by molar-refractivity contribution is 0.136. The van der Waals surface area contributed by atoms with Crippen LogP contribution >= 0.6 is 0 Å². The fourth-order valence-electron chi connectivity index (χ4n) is 2.71. The van der Waals surface area contributed by atoms with Gasteiger partial charge in [-0.25, -0.2) is 9.97 Å². The molecule has 6 heteroatoms. The van der Waals surface area contributed by atoms with Gasteiger partial charge in [-0.3, -0.25) is 0 Å². The van der Waals surface area contributed by atoms with Gasteiger partial charge in [0.25, 0.3) is 0 Å². The number of aromatic nitrogens is 2. The summed E-state index contributed by atoms with van der Waals surface area (Å²) in [7, 11) is 3.81. The van der Waals surface area contributed by atoms with E-state index in [-0.39, 0.29) is 12.5 Å².